The Morgan fingerprint density at radius 2 is 2.39 bits per heavy atom. The second-order valence-electron chi connectivity index (χ2n) is 4.63. The first-order valence-corrected chi connectivity index (χ1v) is 6.48. The molecule has 3 rings (SSSR count). The lowest BCUT2D eigenvalue weighted by atomic mass is 10.0. The van der Waals surface area contributed by atoms with Crippen molar-refractivity contribution in [3.05, 3.63) is 23.4 Å². The molecule has 1 aliphatic rings. The van der Waals surface area contributed by atoms with Crippen LogP contribution in [0.15, 0.2) is 18.3 Å². The van der Waals surface area contributed by atoms with Crippen LogP contribution in [-0.4, -0.2) is 33.4 Å². The van der Waals surface area contributed by atoms with Crippen LogP contribution in [0.25, 0.3) is 5.65 Å². The molecule has 6 heteroatoms. The van der Waals surface area contributed by atoms with E-state index in [0.29, 0.717) is 23.1 Å². The average Bonchev–Trinajstić information content (AvgIpc) is 2.70. The molecule has 0 spiro atoms. The standard InChI is InChI=1S/C12H15ClN4O/c1-8-6-10(4-5-18-8)14-12-15-11-3-2-9(13)7-17(11)16-12/h2-3,7-8,10H,4-6H2,1H3,(H,14,16). The van der Waals surface area contributed by atoms with Crippen LogP contribution < -0.4 is 5.32 Å². The maximum Gasteiger partial charge on any atom is 0.243 e. The van der Waals surface area contributed by atoms with Crippen molar-refractivity contribution < 1.29 is 4.74 Å². The third-order valence-corrected chi connectivity index (χ3v) is 3.34. The highest BCUT2D eigenvalue weighted by Crippen LogP contribution is 2.18. The fraction of sp³-hybridized carbons (Fsp3) is 0.500. The molecular formula is C12H15ClN4O. The first-order chi connectivity index (χ1) is 8.70. The molecule has 0 amide bonds. The summed E-state index contributed by atoms with van der Waals surface area (Å²) in [6, 6.07) is 4.04. The van der Waals surface area contributed by atoms with Gasteiger partial charge >= 0.3 is 0 Å². The van der Waals surface area contributed by atoms with E-state index in [9.17, 15) is 0 Å². The molecule has 1 fully saturated rings. The normalized spacial score (nSPS) is 24.3. The zero-order chi connectivity index (χ0) is 12.5. The first-order valence-electron chi connectivity index (χ1n) is 6.11. The van der Waals surface area contributed by atoms with Crippen LogP contribution >= 0.6 is 11.6 Å². The lowest BCUT2D eigenvalue weighted by Gasteiger charge is -2.27. The van der Waals surface area contributed by atoms with E-state index in [0.717, 1.165) is 25.1 Å². The quantitative estimate of drug-likeness (QED) is 0.907. The highest BCUT2D eigenvalue weighted by molar-refractivity contribution is 6.30. The van der Waals surface area contributed by atoms with E-state index < -0.39 is 0 Å². The van der Waals surface area contributed by atoms with Crippen molar-refractivity contribution >= 4 is 23.2 Å². The summed E-state index contributed by atoms with van der Waals surface area (Å²) in [5, 5.41) is 8.37. The Morgan fingerprint density at radius 1 is 1.50 bits per heavy atom. The maximum absolute atomic E-state index is 5.91. The summed E-state index contributed by atoms with van der Waals surface area (Å²) in [4.78, 5) is 4.41. The van der Waals surface area contributed by atoms with Crippen molar-refractivity contribution in [1.29, 1.82) is 0 Å². The van der Waals surface area contributed by atoms with E-state index in [2.05, 4.69) is 22.3 Å². The first kappa shape index (κ1) is 11.7. The Hall–Kier alpha value is -1.33. The molecule has 2 aromatic heterocycles. The summed E-state index contributed by atoms with van der Waals surface area (Å²) < 4.78 is 7.20. The van der Waals surface area contributed by atoms with E-state index in [1.807, 2.05) is 12.1 Å². The van der Waals surface area contributed by atoms with Crippen LogP contribution in [0.1, 0.15) is 19.8 Å². The fourth-order valence-electron chi connectivity index (χ4n) is 2.23. The summed E-state index contributed by atoms with van der Waals surface area (Å²) in [5.74, 6) is 0.649. The molecule has 2 aromatic rings. The predicted octanol–water partition coefficient (Wildman–Crippen LogP) is 2.36. The number of nitrogens with zero attached hydrogens (tertiary/aromatic N) is 3. The molecule has 3 heterocycles. The number of pyridine rings is 1. The van der Waals surface area contributed by atoms with E-state index >= 15 is 0 Å². The molecule has 2 unspecified atom stereocenters. The number of hydrogen-bond acceptors (Lipinski definition) is 4. The number of rotatable bonds is 2. The molecule has 1 aliphatic heterocycles. The second kappa shape index (κ2) is 4.74. The van der Waals surface area contributed by atoms with Gasteiger partial charge in [0.05, 0.1) is 11.1 Å². The van der Waals surface area contributed by atoms with Crippen molar-refractivity contribution in [3.8, 4) is 0 Å². The summed E-state index contributed by atoms with van der Waals surface area (Å²) in [5.41, 5.74) is 0.794. The SMILES string of the molecule is CC1CC(Nc2nc3ccc(Cl)cn3n2)CCO1. The van der Waals surface area contributed by atoms with E-state index in [-0.39, 0.29) is 0 Å². The van der Waals surface area contributed by atoms with E-state index in [4.69, 9.17) is 16.3 Å². The number of halogens is 1. The van der Waals surface area contributed by atoms with Crippen LogP contribution in [0.5, 0.6) is 0 Å². The molecule has 0 aliphatic carbocycles. The highest BCUT2D eigenvalue weighted by Gasteiger charge is 2.20. The van der Waals surface area contributed by atoms with Gasteiger partial charge in [0, 0.05) is 18.8 Å². The van der Waals surface area contributed by atoms with Crippen LogP contribution in [0.2, 0.25) is 5.02 Å². The molecule has 0 saturated carbocycles. The van der Waals surface area contributed by atoms with Gasteiger partial charge < -0.3 is 10.1 Å². The molecule has 2 atom stereocenters. The van der Waals surface area contributed by atoms with Gasteiger partial charge in [-0.05, 0) is 31.9 Å². The Kier molecular flexibility index (Phi) is 3.09. The van der Waals surface area contributed by atoms with Crippen LogP contribution in [0.4, 0.5) is 5.95 Å². The van der Waals surface area contributed by atoms with Gasteiger partial charge in [-0.15, -0.1) is 5.10 Å². The monoisotopic (exact) mass is 266 g/mol. The maximum atomic E-state index is 5.91. The topological polar surface area (TPSA) is 51.5 Å². The predicted molar refractivity (Wildman–Crippen MR) is 70.1 cm³/mol. The molecule has 96 valence electrons. The molecule has 0 aromatic carbocycles. The summed E-state index contributed by atoms with van der Waals surface area (Å²) in [7, 11) is 0. The summed E-state index contributed by atoms with van der Waals surface area (Å²) >= 11 is 5.91. The molecular weight excluding hydrogens is 252 g/mol. The van der Waals surface area contributed by atoms with Crippen LogP contribution in [0, 0.1) is 0 Å². The van der Waals surface area contributed by atoms with Crippen molar-refractivity contribution in [2.24, 2.45) is 0 Å². The average molecular weight is 267 g/mol. The Bertz CT molecular complexity index is 556. The molecule has 1 saturated heterocycles. The van der Waals surface area contributed by atoms with Crippen LogP contribution in [-0.2, 0) is 4.74 Å². The lowest BCUT2D eigenvalue weighted by Crippen LogP contribution is -2.32. The summed E-state index contributed by atoms with van der Waals surface area (Å²) in [6.45, 7) is 2.88. The number of nitrogens with one attached hydrogen (secondary N) is 1. The Balaban J connectivity index is 1.78. The minimum absolute atomic E-state index is 0.294. The second-order valence-corrected chi connectivity index (χ2v) is 5.07. The van der Waals surface area contributed by atoms with Gasteiger partial charge in [-0.2, -0.15) is 4.98 Å². The smallest absolute Gasteiger partial charge is 0.243 e. The van der Waals surface area contributed by atoms with Crippen molar-refractivity contribution in [3.63, 3.8) is 0 Å². The minimum atomic E-state index is 0.294. The molecule has 0 bridgehead atoms. The number of aromatic nitrogens is 3. The third kappa shape index (κ3) is 2.42. The lowest BCUT2D eigenvalue weighted by molar-refractivity contribution is 0.0231. The van der Waals surface area contributed by atoms with Crippen LogP contribution in [0.3, 0.4) is 0 Å². The molecule has 1 N–H and O–H groups in total. The summed E-state index contributed by atoms with van der Waals surface area (Å²) in [6.07, 6.45) is 4.02. The van der Waals surface area contributed by atoms with Gasteiger partial charge in [-0.1, -0.05) is 11.6 Å². The van der Waals surface area contributed by atoms with Crippen molar-refractivity contribution in [2.75, 3.05) is 11.9 Å². The van der Waals surface area contributed by atoms with Gasteiger partial charge in [-0.25, -0.2) is 4.52 Å². The number of anilines is 1. The molecule has 5 nitrogen and oxygen atoms in total. The van der Waals surface area contributed by atoms with E-state index in [1.165, 1.54) is 0 Å². The van der Waals surface area contributed by atoms with Crippen molar-refractivity contribution in [1.82, 2.24) is 14.6 Å². The molecule has 18 heavy (non-hydrogen) atoms. The molecule has 0 radical (unpaired) electrons. The largest absolute Gasteiger partial charge is 0.378 e. The Morgan fingerprint density at radius 3 is 3.22 bits per heavy atom. The van der Waals surface area contributed by atoms with Gasteiger partial charge in [-0.3, -0.25) is 0 Å². The van der Waals surface area contributed by atoms with Gasteiger partial charge in [0.2, 0.25) is 5.95 Å². The third-order valence-electron chi connectivity index (χ3n) is 3.11. The highest BCUT2D eigenvalue weighted by atomic mass is 35.5. The van der Waals surface area contributed by atoms with Gasteiger partial charge in [0.1, 0.15) is 0 Å². The number of ether oxygens (including phenoxy) is 1. The Labute approximate surface area is 110 Å². The van der Waals surface area contributed by atoms with Crippen molar-refractivity contribution in [2.45, 2.75) is 31.9 Å². The van der Waals surface area contributed by atoms with Gasteiger partial charge in [0.25, 0.3) is 0 Å². The minimum Gasteiger partial charge on any atom is -0.378 e. The van der Waals surface area contributed by atoms with Gasteiger partial charge in [0.15, 0.2) is 5.65 Å². The zero-order valence-electron chi connectivity index (χ0n) is 10.1. The zero-order valence-corrected chi connectivity index (χ0v) is 10.9. The fourth-order valence-corrected chi connectivity index (χ4v) is 2.39. The number of fused-ring (bicyclic) bond motifs is 1. The van der Waals surface area contributed by atoms with E-state index in [1.54, 1.807) is 10.7 Å². The number of hydrogen-bond donors (Lipinski definition) is 1.